The summed E-state index contributed by atoms with van der Waals surface area (Å²) in [4.78, 5) is 19.3. The number of thioether (sulfide) groups is 1. The second-order valence-corrected chi connectivity index (χ2v) is 6.85. The number of amides is 1. The fraction of sp³-hybridized carbons (Fsp3) is 0.333. The van der Waals surface area contributed by atoms with Crippen LogP contribution in [0, 0.1) is 0 Å². The molecule has 1 amide bonds. The summed E-state index contributed by atoms with van der Waals surface area (Å²) in [6.45, 7) is 4.03. The van der Waals surface area contributed by atoms with Crippen LogP contribution in [0.2, 0.25) is 0 Å². The molecule has 1 aromatic carbocycles. The minimum absolute atomic E-state index is 0.0997. The molecule has 0 aromatic heterocycles. The fourth-order valence-corrected chi connectivity index (χ4v) is 3.70. The van der Waals surface area contributed by atoms with Crippen LogP contribution in [0.15, 0.2) is 38.6 Å². The van der Waals surface area contributed by atoms with Crippen molar-refractivity contribution in [3.63, 3.8) is 0 Å². The number of carbonyl (C=O) groups excluding carboxylic acids is 1. The van der Waals surface area contributed by atoms with E-state index in [-0.39, 0.29) is 5.91 Å². The van der Waals surface area contributed by atoms with Crippen LogP contribution >= 0.6 is 27.7 Å². The smallest absolute Gasteiger partial charge is 0.286 e. The largest absolute Gasteiger partial charge is 0.351 e. The van der Waals surface area contributed by atoms with Gasteiger partial charge in [-0.2, -0.15) is 4.99 Å². The number of allylic oxidation sites excluding steroid dienone is 1. The van der Waals surface area contributed by atoms with Crippen molar-refractivity contribution in [1.29, 1.82) is 0 Å². The van der Waals surface area contributed by atoms with E-state index in [1.807, 2.05) is 31.2 Å². The quantitative estimate of drug-likeness (QED) is 0.720. The van der Waals surface area contributed by atoms with Gasteiger partial charge in [-0.3, -0.25) is 4.79 Å². The highest BCUT2D eigenvalue weighted by Crippen LogP contribution is 2.35. The Morgan fingerprint density at radius 3 is 2.55 bits per heavy atom. The van der Waals surface area contributed by atoms with Gasteiger partial charge in [-0.05, 0) is 54.8 Å². The Morgan fingerprint density at radius 2 is 1.90 bits per heavy atom. The summed E-state index contributed by atoms with van der Waals surface area (Å²) in [6.07, 6.45) is 2.39. The van der Waals surface area contributed by atoms with Gasteiger partial charge >= 0.3 is 0 Å². The number of hydrogen-bond donors (Lipinski definition) is 0. The first-order chi connectivity index (χ1) is 9.65. The van der Waals surface area contributed by atoms with E-state index in [1.165, 1.54) is 24.6 Å². The fourth-order valence-electron chi connectivity index (χ4n) is 2.41. The van der Waals surface area contributed by atoms with E-state index in [4.69, 9.17) is 0 Å². The number of aliphatic imine (C=N–C) groups is 1. The zero-order valence-electron chi connectivity index (χ0n) is 11.2. The van der Waals surface area contributed by atoms with Crippen LogP contribution in [0.5, 0.6) is 0 Å². The maximum Gasteiger partial charge on any atom is 0.286 e. The summed E-state index contributed by atoms with van der Waals surface area (Å²) < 4.78 is 1.04. The Morgan fingerprint density at radius 1 is 1.25 bits per heavy atom. The molecule has 104 valence electrons. The number of carbonyl (C=O) groups is 1. The molecule has 0 radical (unpaired) electrons. The van der Waals surface area contributed by atoms with Crippen molar-refractivity contribution in [3.8, 4) is 0 Å². The van der Waals surface area contributed by atoms with E-state index < -0.39 is 0 Å². The molecule has 0 N–H and O–H groups in total. The van der Waals surface area contributed by atoms with E-state index >= 15 is 0 Å². The zero-order chi connectivity index (χ0) is 14.1. The summed E-state index contributed by atoms with van der Waals surface area (Å²) in [6, 6.07) is 8.03. The van der Waals surface area contributed by atoms with E-state index in [0.717, 1.165) is 38.8 Å². The summed E-state index contributed by atoms with van der Waals surface area (Å²) in [5.74, 6) is -0.0997. The van der Waals surface area contributed by atoms with Gasteiger partial charge in [-0.25, -0.2) is 0 Å². The van der Waals surface area contributed by atoms with Gasteiger partial charge in [0.1, 0.15) is 0 Å². The van der Waals surface area contributed by atoms with Crippen LogP contribution in [-0.4, -0.2) is 29.1 Å². The van der Waals surface area contributed by atoms with E-state index in [1.54, 1.807) is 0 Å². The van der Waals surface area contributed by atoms with Crippen molar-refractivity contribution in [2.45, 2.75) is 19.8 Å². The van der Waals surface area contributed by atoms with Crippen LogP contribution in [0.3, 0.4) is 0 Å². The average Bonchev–Trinajstić information content (AvgIpc) is 3.08. The number of hydrogen-bond acceptors (Lipinski definition) is 3. The third-order valence-corrected chi connectivity index (χ3v) is 5.32. The molecule has 0 saturated carbocycles. The normalized spacial score (nSPS) is 21.4. The van der Waals surface area contributed by atoms with Crippen molar-refractivity contribution in [2.24, 2.45) is 4.99 Å². The number of amidine groups is 1. The third kappa shape index (κ3) is 2.69. The third-order valence-electron chi connectivity index (χ3n) is 3.58. The molecule has 0 bridgehead atoms. The van der Waals surface area contributed by atoms with Crippen molar-refractivity contribution in [1.82, 2.24) is 4.90 Å². The molecular weight excluding hydrogens is 336 g/mol. The Bertz CT molecular complexity index is 601. The van der Waals surface area contributed by atoms with Crippen molar-refractivity contribution in [3.05, 3.63) is 39.2 Å². The Labute approximate surface area is 131 Å². The maximum absolute atomic E-state index is 12.1. The molecule has 0 spiro atoms. The predicted octanol–water partition coefficient (Wildman–Crippen LogP) is 3.91. The lowest BCUT2D eigenvalue weighted by Gasteiger charge is -2.15. The molecule has 3 nitrogen and oxygen atoms in total. The molecule has 1 aromatic rings. The molecule has 0 unspecified atom stereocenters. The maximum atomic E-state index is 12.1. The van der Waals surface area contributed by atoms with Crippen LogP contribution in [-0.2, 0) is 4.79 Å². The first-order valence-corrected chi connectivity index (χ1v) is 8.29. The lowest BCUT2D eigenvalue weighted by molar-refractivity contribution is -0.113. The number of nitrogens with zero attached hydrogens (tertiary/aromatic N) is 2. The standard InChI is InChI=1S/C15H15BrN2OS/c1-10(11-4-6-12(16)7-5-11)13-14(19)17-15(20-13)18-8-2-3-9-18/h4-7H,2-3,8-9H2,1H3. The van der Waals surface area contributed by atoms with Gasteiger partial charge < -0.3 is 4.90 Å². The van der Waals surface area contributed by atoms with E-state index in [0.29, 0.717) is 0 Å². The van der Waals surface area contributed by atoms with Gasteiger partial charge in [0.25, 0.3) is 5.91 Å². The highest BCUT2D eigenvalue weighted by Gasteiger charge is 2.29. The van der Waals surface area contributed by atoms with Crippen molar-refractivity contribution < 1.29 is 4.79 Å². The summed E-state index contributed by atoms with van der Waals surface area (Å²) in [7, 11) is 0. The molecule has 1 saturated heterocycles. The topological polar surface area (TPSA) is 32.7 Å². The van der Waals surface area contributed by atoms with Crippen LogP contribution in [0.4, 0.5) is 0 Å². The second-order valence-electron chi connectivity index (χ2n) is 4.96. The van der Waals surface area contributed by atoms with Gasteiger partial charge in [0.05, 0.1) is 4.91 Å². The minimum atomic E-state index is -0.0997. The number of rotatable bonds is 1. The van der Waals surface area contributed by atoms with Gasteiger partial charge in [0.15, 0.2) is 5.17 Å². The van der Waals surface area contributed by atoms with Crippen LogP contribution in [0.25, 0.3) is 5.57 Å². The molecule has 5 heteroatoms. The van der Waals surface area contributed by atoms with Gasteiger partial charge in [0, 0.05) is 17.6 Å². The minimum Gasteiger partial charge on any atom is -0.351 e. The molecule has 0 aliphatic carbocycles. The zero-order valence-corrected chi connectivity index (χ0v) is 13.6. The highest BCUT2D eigenvalue weighted by atomic mass is 79.9. The number of likely N-dealkylation sites (tertiary alicyclic amines) is 1. The lowest BCUT2D eigenvalue weighted by atomic mass is 10.1. The summed E-state index contributed by atoms with van der Waals surface area (Å²) in [5, 5.41) is 0.874. The average molecular weight is 351 g/mol. The van der Waals surface area contributed by atoms with E-state index in [9.17, 15) is 4.79 Å². The molecule has 3 rings (SSSR count). The number of halogens is 1. The van der Waals surface area contributed by atoms with E-state index in [2.05, 4.69) is 25.8 Å². The summed E-state index contributed by atoms with van der Waals surface area (Å²) >= 11 is 4.94. The Kier molecular flexibility index (Phi) is 3.98. The highest BCUT2D eigenvalue weighted by molar-refractivity contribution is 9.10. The molecule has 2 aliphatic heterocycles. The first kappa shape index (κ1) is 13.9. The molecule has 0 atom stereocenters. The second kappa shape index (κ2) is 5.74. The van der Waals surface area contributed by atoms with Gasteiger partial charge in [0.2, 0.25) is 0 Å². The Balaban J connectivity index is 1.85. The van der Waals surface area contributed by atoms with Crippen LogP contribution in [0.1, 0.15) is 25.3 Å². The summed E-state index contributed by atoms with van der Waals surface area (Å²) in [5.41, 5.74) is 2.08. The molecular formula is C15H15BrN2OS. The molecule has 1 fully saturated rings. The number of benzene rings is 1. The van der Waals surface area contributed by atoms with Crippen molar-refractivity contribution >= 4 is 44.3 Å². The SMILES string of the molecule is CC(=C1SC(N2CCCC2)=NC1=O)c1ccc(Br)cc1. The molecule has 2 heterocycles. The molecule has 20 heavy (non-hydrogen) atoms. The monoisotopic (exact) mass is 350 g/mol. The lowest BCUT2D eigenvalue weighted by Crippen LogP contribution is -2.23. The molecule has 2 aliphatic rings. The first-order valence-electron chi connectivity index (χ1n) is 6.68. The Hall–Kier alpha value is -1.07. The van der Waals surface area contributed by atoms with Crippen LogP contribution < -0.4 is 0 Å². The van der Waals surface area contributed by atoms with Gasteiger partial charge in [-0.1, -0.05) is 28.1 Å². The predicted molar refractivity (Wildman–Crippen MR) is 87.6 cm³/mol. The van der Waals surface area contributed by atoms with Gasteiger partial charge in [-0.15, -0.1) is 0 Å². The van der Waals surface area contributed by atoms with Crippen molar-refractivity contribution in [2.75, 3.05) is 13.1 Å².